The number of halogens is 3. The monoisotopic (exact) mass is 430 g/mol. The maximum atomic E-state index is 13.6. The predicted molar refractivity (Wildman–Crippen MR) is 105 cm³/mol. The number of pyridine rings is 1. The molecule has 4 rings (SSSR count). The second-order valence-electron chi connectivity index (χ2n) is 6.19. The lowest BCUT2D eigenvalue weighted by Gasteiger charge is -2.11. The van der Waals surface area contributed by atoms with E-state index < -0.39 is 11.7 Å². The minimum absolute atomic E-state index is 0.0601. The minimum Gasteiger partial charge on any atom is -0.311 e. The molecule has 2 N–H and O–H groups in total. The van der Waals surface area contributed by atoms with E-state index in [1.54, 1.807) is 12.1 Å². The Kier molecular flexibility index (Phi) is 5.04. The summed E-state index contributed by atoms with van der Waals surface area (Å²) in [6.45, 7) is 1.35. The number of carbonyl (C=O) groups is 1. The Morgan fingerprint density at radius 2 is 1.97 bits per heavy atom. The van der Waals surface area contributed by atoms with Crippen molar-refractivity contribution in [1.82, 2.24) is 25.1 Å². The van der Waals surface area contributed by atoms with Gasteiger partial charge < -0.3 is 5.32 Å². The van der Waals surface area contributed by atoms with Gasteiger partial charge >= 0.3 is 6.18 Å². The van der Waals surface area contributed by atoms with Crippen molar-refractivity contribution in [1.29, 1.82) is 0 Å². The summed E-state index contributed by atoms with van der Waals surface area (Å²) in [5, 5.41) is 9.50. The van der Waals surface area contributed by atoms with Crippen LogP contribution < -0.4 is 5.32 Å². The van der Waals surface area contributed by atoms with Crippen LogP contribution >= 0.6 is 11.3 Å². The van der Waals surface area contributed by atoms with E-state index in [0.717, 1.165) is 17.4 Å². The molecule has 1 aromatic carbocycles. The predicted octanol–water partition coefficient (Wildman–Crippen LogP) is 4.63. The van der Waals surface area contributed by atoms with Crippen LogP contribution in [0.15, 0.2) is 48.9 Å². The number of rotatable bonds is 4. The van der Waals surface area contributed by atoms with Crippen LogP contribution in [0.4, 0.5) is 19.0 Å². The fourth-order valence-corrected chi connectivity index (χ4v) is 3.87. The van der Waals surface area contributed by atoms with Gasteiger partial charge in [0.15, 0.2) is 5.82 Å². The third kappa shape index (κ3) is 3.92. The summed E-state index contributed by atoms with van der Waals surface area (Å²) in [6.07, 6.45) is -1.79. The number of carbonyl (C=O) groups excluding carboxylic acids is 1. The summed E-state index contributed by atoms with van der Waals surface area (Å²) in [6, 6.07) is 8.50. The van der Waals surface area contributed by atoms with Gasteiger partial charge in [0.2, 0.25) is 5.91 Å². The molecule has 0 fully saturated rings. The molecule has 0 bridgehead atoms. The molecule has 152 valence electrons. The highest BCUT2D eigenvalue weighted by molar-refractivity contribution is 7.18. The van der Waals surface area contributed by atoms with Crippen molar-refractivity contribution in [3.8, 4) is 32.5 Å². The first-order chi connectivity index (χ1) is 14.3. The van der Waals surface area contributed by atoms with Crippen LogP contribution in [-0.4, -0.2) is 31.1 Å². The zero-order chi connectivity index (χ0) is 21.3. The zero-order valence-corrected chi connectivity index (χ0v) is 16.2. The molecule has 0 aliphatic carbocycles. The average Bonchev–Trinajstić information content (AvgIpc) is 3.37. The smallest absolute Gasteiger partial charge is 0.311 e. The SMILES string of the molecule is CC(=O)Nc1cc(-c2nc(-c3ccccc3C(F)(F)F)c(-c3ncn[nH]3)s2)ccn1. The number of hydrogen-bond acceptors (Lipinski definition) is 6. The van der Waals surface area contributed by atoms with E-state index in [9.17, 15) is 18.0 Å². The Labute approximate surface area is 172 Å². The van der Waals surface area contributed by atoms with Gasteiger partial charge in [-0.3, -0.25) is 9.89 Å². The van der Waals surface area contributed by atoms with Gasteiger partial charge in [-0.2, -0.15) is 18.3 Å². The number of aromatic amines is 1. The zero-order valence-electron chi connectivity index (χ0n) is 15.4. The lowest BCUT2D eigenvalue weighted by Crippen LogP contribution is -2.07. The Morgan fingerprint density at radius 3 is 2.67 bits per heavy atom. The van der Waals surface area contributed by atoms with E-state index in [1.165, 1.54) is 37.6 Å². The van der Waals surface area contributed by atoms with Gasteiger partial charge in [-0.25, -0.2) is 15.0 Å². The molecule has 0 radical (unpaired) electrons. The lowest BCUT2D eigenvalue weighted by molar-refractivity contribution is -0.137. The van der Waals surface area contributed by atoms with Crippen molar-refractivity contribution >= 4 is 23.1 Å². The first-order valence-corrected chi connectivity index (χ1v) is 9.42. The first-order valence-electron chi connectivity index (χ1n) is 8.60. The number of benzene rings is 1. The van der Waals surface area contributed by atoms with Crippen LogP contribution in [0.2, 0.25) is 0 Å². The van der Waals surface area contributed by atoms with Crippen LogP contribution in [0.25, 0.3) is 32.5 Å². The largest absolute Gasteiger partial charge is 0.417 e. The second-order valence-corrected chi connectivity index (χ2v) is 7.18. The molecule has 7 nitrogen and oxygen atoms in total. The summed E-state index contributed by atoms with van der Waals surface area (Å²) in [5.41, 5.74) is -0.126. The molecule has 0 unspecified atom stereocenters. The van der Waals surface area contributed by atoms with Crippen molar-refractivity contribution < 1.29 is 18.0 Å². The molecule has 0 aliphatic heterocycles. The molecule has 3 heterocycles. The van der Waals surface area contributed by atoms with E-state index in [2.05, 4.69) is 30.5 Å². The number of thiazole rings is 1. The molecule has 11 heteroatoms. The average molecular weight is 430 g/mol. The van der Waals surface area contributed by atoms with E-state index in [-0.39, 0.29) is 17.2 Å². The van der Waals surface area contributed by atoms with Crippen LogP contribution in [-0.2, 0) is 11.0 Å². The summed E-state index contributed by atoms with van der Waals surface area (Å²) < 4.78 is 40.8. The van der Waals surface area contributed by atoms with E-state index in [1.807, 2.05) is 0 Å². The molecule has 0 saturated carbocycles. The van der Waals surface area contributed by atoms with Crippen LogP contribution in [0.5, 0.6) is 0 Å². The molecule has 0 atom stereocenters. The molecule has 0 saturated heterocycles. The molecule has 1 amide bonds. The fraction of sp³-hybridized carbons (Fsp3) is 0.105. The lowest BCUT2D eigenvalue weighted by atomic mass is 10.0. The fourth-order valence-electron chi connectivity index (χ4n) is 2.85. The molecule has 30 heavy (non-hydrogen) atoms. The van der Waals surface area contributed by atoms with Crippen molar-refractivity contribution in [2.75, 3.05) is 5.32 Å². The highest BCUT2D eigenvalue weighted by atomic mass is 32.1. The molecule has 3 aromatic heterocycles. The number of nitrogens with zero attached hydrogens (tertiary/aromatic N) is 4. The van der Waals surface area contributed by atoms with Gasteiger partial charge in [0.25, 0.3) is 0 Å². The third-order valence-electron chi connectivity index (χ3n) is 4.06. The maximum Gasteiger partial charge on any atom is 0.417 e. The van der Waals surface area contributed by atoms with Crippen LogP contribution in [0.3, 0.4) is 0 Å². The van der Waals surface area contributed by atoms with Gasteiger partial charge in [-0.15, -0.1) is 11.3 Å². The Hall–Kier alpha value is -3.60. The Balaban J connectivity index is 1.89. The van der Waals surface area contributed by atoms with Gasteiger partial charge in [0.05, 0.1) is 16.1 Å². The standard InChI is InChI=1S/C19H13F3N6OS/c1-10(29)26-14-8-11(6-7-23-14)18-27-15(16(30-18)17-24-9-25-28-17)12-4-2-3-5-13(12)19(20,21)22/h2-9H,1H3,(H,23,26,29)(H,24,25,28). The van der Waals surface area contributed by atoms with E-state index in [4.69, 9.17) is 0 Å². The first kappa shape index (κ1) is 19.7. The number of alkyl halides is 3. The van der Waals surface area contributed by atoms with Crippen LogP contribution in [0.1, 0.15) is 12.5 Å². The highest BCUT2D eigenvalue weighted by Crippen LogP contribution is 2.43. The summed E-state index contributed by atoms with van der Waals surface area (Å²) in [4.78, 5) is 24.3. The third-order valence-corrected chi connectivity index (χ3v) is 5.17. The number of nitrogens with one attached hydrogen (secondary N) is 2. The van der Waals surface area contributed by atoms with Gasteiger partial charge in [-0.1, -0.05) is 18.2 Å². The summed E-state index contributed by atoms with van der Waals surface area (Å²) in [7, 11) is 0. The van der Waals surface area contributed by atoms with Crippen molar-refractivity contribution in [2.24, 2.45) is 0 Å². The van der Waals surface area contributed by atoms with Gasteiger partial charge in [0, 0.05) is 24.2 Å². The summed E-state index contributed by atoms with van der Waals surface area (Å²) >= 11 is 1.16. The Morgan fingerprint density at radius 1 is 1.17 bits per heavy atom. The number of anilines is 1. The number of amides is 1. The quantitative estimate of drug-likeness (QED) is 0.492. The molecular weight excluding hydrogens is 417 g/mol. The minimum atomic E-state index is -4.55. The highest BCUT2D eigenvalue weighted by Gasteiger charge is 2.35. The normalized spacial score (nSPS) is 11.5. The van der Waals surface area contributed by atoms with E-state index >= 15 is 0 Å². The Bertz CT molecular complexity index is 1200. The van der Waals surface area contributed by atoms with Crippen molar-refractivity contribution in [2.45, 2.75) is 13.1 Å². The van der Waals surface area contributed by atoms with Crippen molar-refractivity contribution in [3.05, 3.63) is 54.5 Å². The topological polar surface area (TPSA) is 96.5 Å². The second kappa shape index (κ2) is 7.67. The number of H-pyrrole nitrogens is 1. The maximum absolute atomic E-state index is 13.6. The van der Waals surface area contributed by atoms with E-state index in [0.29, 0.717) is 27.1 Å². The molecule has 0 aliphatic rings. The van der Waals surface area contributed by atoms with Gasteiger partial charge in [-0.05, 0) is 18.2 Å². The number of hydrogen-bond donors (Lipinski definition) is 2. The van der Waals surface area contributed by atoms with Gasteiger partial charge in [0.1, 0.15) is 17.2 Å². The van der Waals surface area contributed by atoms with Crippen LogP contribution in [0, 0.1) is 0 Å². The summed E-state index contributed by atoms with van der Waals surface area (Å²) in [5.74, 6) is 0.330. The molecule has 4 aromatic rings. The number of aromatic nitrogens is 5. The molecule has 0 spiro atoms. The molecular formula is C19H13F3N6OS. The van der Waals surface area contributed by atoms with Crippen molar-refractivity contribution in [3.63, 3.8) is 0 Å².